The average Bonchev–Trinajstić information content (AvgIpc) is 2.99. The molecule has 5 aromatic rings. The number of rotatable bonds is 8. The molecule has 0 bridgehead atoms. The minimum atomic E-state index is -3.97. The Balaban J connectivity index is 1.34. The van der Waals surface area contributed by atoms with E-state index in [1.165, 1.54) is 49.0 Å². The van der Waals surface area contributed by atoms with Crippen LogP contribution < -0.4 is 15.6 Å². The summed E-state index contributed by atoms with van der Waals surface area (Å²) in [4.78, 5) is 47.5. The zero-order chi connectivity index (χ0) is 30.7. The molecule has 0 fully saturated rings. The molecule has 0 aliphatic heterocycles. The summed E-state index contributed by atoms with van der Waals surface area (Å²) in [7, 11) is -2.49. The van der Waals surface area contributed by atoms with Crippen LogP contribution in [0.15, 0.2) is 101 Å². The van der Waals surface area contributed by atoms with Crippen molar-refractivity contribution in [2.75, 3.05) is 10.0 Å². The van der Waals surface area contributed by atoms with Gasteiger partial charge >= 0.3 is 5.97 Å². The van der Waals surface area contributed by atoms with Gasteiger partial charge in [-0.25, -0.2) is 27.9 Å². The van der Waals surface area contributed by atoms with Crippen molar-refractivity contribution < 1.29 is 22.7 Å². The van der Waals surface area contributed by atoms with Crippen LogP contribution >= 0.6 is 0 Å². The van der Waals surface area contributed by atoms with E-state index in [2.05, 4.69) is 20.0 Å². The second-order valence-electron chi connectivity index (χ2n) is 9.69. The van der Waals surface area contributed by atoms with Gasteiger partial charge in [0.25, 0.3) is 21.5 Å². The molecule has 43 heavy (non-hydrogen) atoms. The predicted octanol–water partition coefficient (Wildman–Crippen LogP) is 4.29. The van der Waals surface area contributed by atoms with Crippen LogP contribution in [0.2, 0.25) is 0 Å². The van der Waals surface area contributed by atoms with Gasteiger partial charge in [0.05, 0.1) is 4.90 Å². The minimum Gasteiger partial charge on any atom is -0.448 e. The van der Waals surface area contributed by atoms with E-state index in [-0.39, 0.29) is 27.8 Å². The highest BCUT2D eigenvalue weighted by molar-refractivity contribution is 7.92. The van der Waals surface area contributed by atoms with Crippen LogP contribution in [0.1, 0.15) is 23.1 Å². The first kappa shape index (κ1) is 29.1. The summed E-state index contributed by atoms with van der Waals surface area (Å²) in [5, 5.41) is 3.64. The van der Waals surface area contributed by atoms with Crippen LogP contribution in [0.5, 0.6) is 0 Å². The van der Waals surface area contributed by atoms with Gasteiger partial charge in [0, 0.05) is 35.6 Å². The van der Waals surface area contributed by atoms with Crippen molar-refractivity contribution in [3.8, 4) is 11.1 Å². The molecular weight excluding hydrogens is 570 g/mol. The first-order valence-corrected chi connectivity index (χ1v) is 14.6. The summed E-state index contributed by atoms with van der Waals surface area (Å²) in [5.74, 6) is -1.56. The number of nitrogens with zero attached hydrogens (tertiary/aromatic N) is 3. The largest absolute Gasteiger partial charge is 0.448 e. The number of sulfonamides is 1. The molecular formula is C31H27N5O6S. The van der Waals surface area contributed by atoms with Crippen molar-refractivity contribution in [2.24, 2.45) is 7.05 Å². The Morgan fingerprint density at radius 2 is 1.56 bits per heavy atom. The lowest BCUT2D eigenvalue weighted by Gasteiger charge is -2.19. The highest BCUT2D eigenvalue weighted by Gasteiger charge is 2.26. The Morgan fingerprint density at radius 3 is 2.23 bits per heavy atom. The lowest BCUT2D eigenvalue weighted by molar-refractivity contribution is -0.123. The van der Waals surface area contributed by atoms with E-state index >= 15 is 0 Å². The molecule has 1 unspecified atom stereocenters. The minimum absolute atomic E-state index is 0.00852. The Hall–Kier alpha value is -5.36. The van der Waals surface area contributed by atoms with Gasteiger partial charge in [-0.15, -0.1) is 0 Å². The highest BCUT2D eigenvalue weighted by Crippen LogP contribution is 2.31. The Labute approximate surface area is 247 Å². The Kier molecular flexibility index (Phi) is 8.04. The van der Waals surface area contributed by atoms with Gasteiger partial charge in [-0.1, -0.05) is 48.5 Å². The van der Waals surface area contributed by atoms with E-state index < -0.39 is 28.0 Å². The van der Waals surface area contributed by atoms with E-state index in [4.69, 9.17) is 4.74 Å². The molecule has 12 heteroatoms. The number of carbonyl (C=O) groups excluding carboxylic acids is 2. The summed E-state index contributed by atoms with van der Waals surface area (Å²) in [5.41, 5.74) is 1.72. The quantitative estimate of drug-likeness (QED) is 0.252. The molecule has 218 valence electrons. The second-order valence-corrected chi connectivity index (χ2v) is 11.4. The van der Waals surface area contributed by atoms with Gasteiger partial charge in [-0.3, -0.25) is 9.59 Å². The van der Waals surface area contributed by atoms with Crippen molar-refractivity contribution in [3.05, 3.63) is 113 Å². The van der Waals surface area contributed by atoms with Crippen molar-refractivity contribution in [2.45, 2.75) is 24.8 Å². The van der Waals surface area contributed by atoms with Crippen molar-refractivity contribution >= 4 is 44.3 Å². The second kappa shape index (κ2) is 11.9. The maximum Gasteiger partial charge on any atom is 0.356 e. The number of pyridine rings is 1. The smallest absolute Gasteiger partial charge is 0.356 e. The fourth-order valence-electron chi connectivity index (χ4n) is 4.51. The number of fused-ring (bicyclic) bond motifs is 1. The van der Waals surface area contributed by atoms with Gasteiger partial charge in [0.2, 0.25) is 5.95 Å². The van der Waals surface area contributed by atoms with Crippen LogP contribution in [0.25, 0.3) is 21.9 Å². The van der Waals surface area contributed by atoms with Gasteiger partial charge < -0.3 is 14.6 Å². The third-order valence-corrected chi connectivity index (χ3v) is 8.01. The van der Waals surface area contributed by atoms with Crippen molar-refractivity contribution in [3.63, 3.8) is 0 Å². The molecule has 0 saturated carbocycles. The molecule has 0 saturated heterocycles. The molecule has 0 radical (unpaired) electrons. The molecule has 11 nitrogen and oxygen atoms in total. The first-order valence-electron chi connectivity index (χ1n) is 13.2. The molecule has 1 amide bonds. The molecule has 0 aliphatic rings. The van der Waals surface area contributed by atoms with Crippen LogP contribution in [-0.4, -0.2) is 40.9 Å². The molecule has 5 rings (SSSR count). The summed E-state index contributed by atoms with van der Waals surface area (Å²) >= 11 is 0. The molecule has 0 spiro atoms. The van der Waals surface area contributed by atoms with Gasteiger partial charge in [0.15, 0.2) is 6.10 Å². The van der Waals surface area contributed by atoms with Crippen LogP contribution in [0, 0.1) is 6.92 Å². The molecule has 2 heterocycles. The number of benzene rings is 3. The number of esters is 1. The molecule has 1 atom stereocenters. The number of anilines is 2. The lowest BCUT2D eigenvalue weighted by atomic mass is 9.97. The summed E-state index contributed by atoms with van der Waals surface area (Å²) in [6.07, 6.45) is 0.191. The number of aryl methyl sites for hydroxylation is 1. The molecule has 3 aromatic carbocycles. The van der Waals surface area contributed by atoms with E-state index in [1.807, 2.05) is 30.3 Å². The van der Waals surface area contributed by atoms with Crippen LogP contribution in [0.4, 0.5) is 11.6 Å². The zero-order valence-corrected chi connectivity index (χ0v) is 24.3. The van der Waals surface area contributed by atoms with E-state index in [0.29, 0.717) is 27.6 Å². The summed E-state index contributed by atoms with van der Waals surface area (Å²) in [6.45, 7) is 3.11. The number of nitrogens with one attached hydrogen (secondary N) is 2. The SMILES string of the molecule is Cc1ccnc(NS(=O)(=O)c2ccc(NC(=O)C(C)OC(=O)c3c(-c4ccccc4)c4ccccc4c(=O)n3C)cc2)n1. The van der Waals surface area contributed by atoms with E-state index in [1.54, 1.807) is 37.3 Å². The third-order valence-electron chi connectivity index (χ3n) is 6.67. The zero-order valence-electron chi connectivity index (χ0n) is 23.4. The maximum atomic E-state index is 13.5. The molecule has 0 aliphatic carbocycles. The first-order chi connectivity index (χ1) is 20.5. The summed E-state index contributed by atoms with van der Waals surface area (Å²) < 4.78 is 34.5. The van der Waals surface area contributed by atoms with Gasteiger partial charge in [-0.05, 0) is 61.2 Å². The number of hydrogen-bond acceptors (Lipinski definition) is 8. The van der Waals surface area contributed by atoms with Gasteiger partial charge in [-0.2, -0.15) is 0 Å². The molecule has 2 aromatic heterocycles. The van der Waals surface area contributed by atoms with E-state index in [9.17, 15) is 22.8 Å². The molecule has 2 N–H and O–H groups in total. The van der Waals surface area contributed by atoms with Crippen LogP contribution in [-0.2, 0) is 26.6 Å². The highest BCUT2D eigenvalue weighted by atomic mass is 32.2. The average molecular weight is 598 g/mol. The van der Waals surface area contributed by atoms with Crippen LogP contribution in [0.3, 0.4) is 0 Å². The lowest BCUT2D eigenvalue weighted by Crippen LogP contribution is -2.33. The monoisotopic (exact) mass is 597 g/mol. The number of amides is 1. The number of carbonyl (C=O) groups is 2. The third kappa shape index (κ3) is 6.14. The topological polar surface area (TPSA) is 149 Å². The number of ether oxygens (including phenoxy) is 1. The fourth-order valence-corrected chi connectivity index (χ4v) is 5.46. The number of aromatic nitrogens is 3. The van der Waals surface area contributed by atoms with Crippen molar-refractivity contribution in [1.29, 1.82) is 0 Å². The maximum absolute atomic E-state index is 13.5. The normalized spacial score (nSPS) is 12.0. The standard InChI is InChI=1S/C31H27N5O6S/c1-19-17-18-32-31(33-19)35-43(40,41)23-15-13-22(14-16-23)34-28(37)20(2)42-30(39)27-26(21-9-5-4-6-10-21)24-11-7-8-12-25(24)29(38)36(27)3/h4-18,20H,1-3H3,(H,34,37)(H,32,33,35). The van der Waals surface area contributed by atoms with E-state index in [0.717, 1.165) is 0 Å². The number of hydrogen-bond donors (Lipinski definition) is 2. The van der Waals surface area contributed by atoms with Crippen molar-refractivity contribution in [1.82, 2.24) is 14.5 Å². The summed E-state index contributed by atoms with van der Waals surface area (Å²) in [6, 6.07) is 23.2. The Bertz CT molecular complexity index is 2010. The Morgan fingerprint density at radius 1 is 0.907 bits per heavy atom. The fraction of sp³-hybridized carbons (Fsp3) is 0.129. The van der Waals surface area contributed by atoms with Gasteiger partial charge in [0.1, 0.15) is 5.69 Å². The predicted molar refractivity (Wildman–Crippen MR) is 162 cm³/mol.